The fraction of sp³-hybridized carbons (Fsp3) is 0.455. The second-order valence-electron chi connectivity index (χ2n) is 4.11. The SMILES string of the molecule is Oc1ccc(CC2(O)CCNC2)cc1Cl. The first-order chi connectivity index (χ1) is 7.09. The Labute approximate surface area is 93.7 Å². The van der Waals surface area contributed by atoms with Gasteiger partial charge in [0.2, 0.25) is 0 Å². The van der Waals surface area contributed by atoms with Crippen molar-refractivity contribution in [2.75, 3.05) is 13.1 Å². The van der Waals surface area contributed by atoms with Gasteiger partial charge < -0.3 is 15.5 Å². The molecule has 1 aromatic rings. The quantitative estimate of drug-likeness (QED) is 0.714. The molecule has 0 radical (unpaired) electrons. The second-order valence-corrected chi connectivity index (χ2v) is 4.52. The van der Waals surface area contributed by atoms with Gasteiger partial charge in [-0.2, -0.15) is 0 Å². The molecule has 1 fully saturated rings. The standard InChI is InChI=1S/C11H14ClNO2/c12-9-5-8(1-2-10(9)14)6-11(15)3-4-13-7-11/h1-2,5,13-15H,3-4,6-7H2. The topological polar surface area (TPSA) is 52.5 Å². The van der Waals surface area contributed by atoms with Crippen molar-refractivity contribution < 1.29 is 10.2 Å². The summed E-state index contributed by atoms with van der Waals surface area (Å²) in [5.74, 6) is 0.0805. The van der Waals surface area contributed by atoms with E-state index in [0.717, 1.165) is 18.5 Å². The molecule has 2 rings (SSSR count). The fourth-order valence-electron chi connectivity index (χ4n) is 1.92. The first kappa shape index (κ1) is 10.7. The van der Waals surface area contributed by atoms with E-state index in [4.69, 9.17) is 11.6 Å². The van der Waals surface area contributed by atoms with E-state index in [0.29, 0.717) is 18.0 Å². The van der Waals surface area contributed by atoms with Crippen LogP contribution < -0.4 is 5.32 Å². The highest BCUT2D eigenvalue weighted by Crippen LogP contribution is 2.27. The van der Waals surface area contributed by atoms with Crippen LogP contribution in [0.25, 0.3) is 0 Å². The lowest BCUT2D eigenvalue weighted by atomic mass is 9.94. The van der Waals surface area contributed by atoms with Crippen LogP contribution in [-0.4, -0.2) is 28.9 Å². The largest absolute Gasteiger partial charge is 0.506 e. The molecular weight excluding hydrogens is 214 g/mol. The van der Waals surface area contributed by atoms with Gasteiger partial charge in [-0.3, -0.25) is 0 Å². The lowest BCUT2D eigenvalue weighted by Gasteiger charge is -2.21. The normalized spacial score (nSPS) is 25.7. The predicted molar refractivity (Wildman–Crippen MR) is 59.3 cm³/mol. The maximum atomic E-state index is 10.1. The summed E-state index contributed by atoms with van der Waals surface area (Å²) in [5.41, 5.74) is 0.282. The molecule has 82 valence electrons. The van der Waals surface area contributed by atoms with E-state index in [-0.39, 0.29) is 5.75 Å². The van der Waals surface area contributed by atoms with Crippen LogP contribution in [0, 0.1) is 0 Å². The minimum absolute atomic E-state index is 0.0805. The Morgan fingerprint density at radius 1 is 1.47 bits per heavy atom. The van der Waals surface area contributed by atoms with Crippen molar-refractivity contribution in [1.82, 2.24) is 5.32 Å². The number of hydrogen-bond donors (Lipinski definition) is 3. The zero-order valence-electron chi connectivity index (χ0n) is 8.33. The molecule has 1 aliphatic rings. The number of rotatable bonds is 2. The molecule has 0 aliphatic carbocycles. The molecule has 1 atom stereocenters. The maximum Gasteiger partial charge on any atom is 0.134 e. The van der Waals surface area contributed by atoms with Crippen molar-refractivity contribution in [2.45, 2.75) is 18.4 Å². The molecule has 3 N–H and O–H groups in total. The number of β-amino-alcohol motifs (C(OH)–C–C–N with tert-alkyl or cyclic N) is 1. The van der Waals surface area contributed by atoms with Crippen molar-refractivity contribution in [3.05, 3.63) is 28.8 Å². The zero-order valence-corrected chi connectivity index (χ0v) is 9.09. The van der Waals surface area contributed by atoms with Gasteiger partial charge in [0.25, 0.3) is 0 Å². The summed E-state index contributed by atoms with van der Waals surface area (Å²) in [6.45, 7) is 1.47. The van der Waals surface area contributed by atoms with Gasteiger partial charge >= 0.3 is 0 Å². The molecule has 4 heteroatoms. The molecule has 0 amide bonds. The summed E-state index contributed by atoms with van der Waals surface area (Å²) in [6, 6.07) is 5.05. The van der Waals surface area contributed by atoms with Gasteiger partial charge in [0, 0.05) is 13.0 Å². The number of halogens is 1. The van der Waals surface area contributed by atoms with E-state index in [1.54, 1.807) is 18.2 Å². The molecule has 1 aromatic carbocycles. The number of hydrogen-bond acceptors (Lipinski definition) is 3. The molecule has 0 spiro atoms. The van der Waals surface area contributed by atoms with Crippen LogP contribution in [0.15, 0.2) is 18.2 Å². The number of aromatic hydroxyl groups is 1. The van der Waals surface area contributed by atoms with Gasteiger partial charge in [0.15, 0.2) is 0 Å². The summed E-state index contributed by atoms with van der Waals surface area (Å²) in [5, 5.41) is 22.9. The molecule has 15 heavy (non-hydrogen) atoms. The summed E-state index contributed by atoms with van der Waals surface area (Å²) >= 11 is 5.80. The number of aliphatic hydroxyl groups is 1. The van der Waals surface area contributed by atoms with E-state index in [1.165, 1.54) is 0 Å². The van der Waals surface area contributed by atoms with Crippen LogP contribution >= 0.6 is 11.6 Å². The van der Waals surface area contributed by atoms with Gasteiger partial charge in [-0.05, 0) is 30.7 Å². The van der Waals surface area contributed by atoms with Crippen molar-refractivity contribution in [3.63, 3.8) is 0 Å². The van der Waals surface area contributed by atoms with Crippen LogP contribution in [0.3, 0.4) is 0 Å². The van der Waals surface area contributed by atoms with Crippen LogP contribution in [0.2, 0.25) is 5.02 Å². The monoisotopic (exact) mass is 227 g/mol. The summed E-state index contributed by atoms with van der Waals surface area (Å²) in [7, 11) is 0. The molecule has 0 bridgehead atoms. The molecule has 0 saturated carbocycles. The number of phenolic OH excluding ortho intramolecular Hbond substituents is 1. The van der Waals surface area contributed by atoms with Crippen LogP contribution in [0.5, 0.6) is 5.75 Å². The van der Waals surface area contributed by atoms with Crippen molar-refractivity contribution in [3.8, 4) is 5.75 Å². The third kappa shape index (κ3) is 2.43. The van der Waals surface area contributed by atoms with Crippen LogP contribution in [0.4, 0.5) is 0 Å². The van der Waals surface area contributed by atoms with E-state index >= 15 is 0 Å². The maximum absolute atomic E-state index is 10.1. The van der Waals surface area contributed by atoms with Gasteiger partial charge in [-0.1, -0.05) is 17.7 Å². The minimum Gasteiger partial charge on any atom is -0.506 e. The van der Waals surface area contributed by atoms with Gasteiger partial charge in [0.1, 0.15) is 5.75 Å². The number of benzene rings is 1. The number of nitrogens with one attached hydrogen (secondary N) is 1. The van der Waals surface area contributed by atoms with Gasteiger partial charge in [-0.15, -0.1) is 0 Å². The lowest BCUT2D eigenvalue weighted by Crippen LogP contribution is -2.33. The third-order valence-electron chi connectivity index (χ3n) is 2.77. The predicted octanol–water partition coefficient (Wildman–Crippen LogP) is 1.31. The summed E-state index contributed by atoms with van der Waals surface area (Å²) < 4.78 is 0. The summed E-state index contributed by atoms with van der Waals surface area (Å²) in [4.78, 5) is 0. The molecular formula is C11H14ClNO2. The molecule has 1 aliphatic heterocycles. The molecule has 1 heterocycles. The van der Waals surface area contributed by atoms with Crippen LogP contribution in [0.1, 0.15) is 12.0 Å². The summed E-state index contributed by atoms with van der Waals surface area (Å²) in [6.07, 6.45) is 1.32. The van der Waals surface area contributed by atoms with Crippen LogP contribution in [-0.2, 0) is 6.42 Å². The average Bonchev–Trinajstić information content (AvgIpc) is 2.59. The smallest absolute Gasteiger partial charge is 0.134 e. The lowest BCUT2D eigenvalue weighted by molar-refractivity contribution is 0.0619. The highest BCUT2D eigenvalue weighted by atomic mass is 35.5. The third-order valence-corrected chi connectivity index (χ3v) is 3.07. The van der Waals surface area contributed by atoms with Crippen molar-refractivity contribution in [1.29, 1.82) is 0 Å². The Morgan fingerprint density at radius 3 is 2.87 bits per heavy atom. The van der Waals surface area contributed by atoms with Crippen molar-refractivity contribution in [2.24, 2.45) is 0 Å². The first-order valence-corrected chi connectivity index (χ1v) is 5.37. The van der Waals surface area contributed by atoms with E-state index < -0.39 is 5.60 Å². The molecule has 3 nitrogen and oxygen atoms in total. The van der Waals surface area contributed by atoms with Gasteiger partial charge in [-0.25, -0.2) is 0 Å². The zero-order chi connectivity index (χ0) is 10.9. The molecule has 0 aromatic heterocycles. The highest BCUT2D eigenvalue weighted by molar-refractivity contribution is 6.32. The Bertz CT molecular complexity index is 362. The van der Waals surface area contributed by atoms with E-state index in [2.05, 4.69) is 5.32 Å². The number of phenols is 1. The average molecular weight is 228 g/mol. The Kier molecular flexibility index (Phi) is 2.87. The van der Waals surface area contributed by atoms with Gasteiger partial charge in [0.05, 0.1) is 10.6 Å². The minimum atomic E-state index is -0.666. The Hall–Kier alpha value is -0.770. The fourth-order valence-corrected chi connectivity index (χ4v) is 2.12. The second kappa shape index (κ2) is 4.00. The van der Waals surface area contributed by atoms with E-state index in [9.17, 15) is 10.2 Å². The Balaban J connectivity index is 2.13. The molecule has 1 unspecified atom stereocenters. The first-order valence-electron chi connectivity index (χ1n) is 5.00. The highest BCUT2D eigenvalue weighted by Gasteiger charge is 2.31. The van der Waals surface area contributed by atoms with E-state index in [1.807, 2.05) is 0 Å². The Morgan fingerprint density at radius 2 is 2.27 bits per heavy atom. The molecule has 1 saturated heterocycles. The van der Waals surface area contributed by atoms with Crippen molar-refractivity contribution >= 4 is 11.6 Å².